The highest BCUT2D eigenvalue weighted by Gasteiger charge is 2.52. The van der Waals surface area contributed by atoms with E-state index in [0.717, 1.165) is 37.2 Å². The zero-order valence-electron chi connectivity index (χ0n) is 17.1. The Morgan fingerprint density at radius 1 is 1.07 bits per heavy atom. The number of piperidine rings is 1. The van der Waals surface area contributed by atoms with Crippen molar-refractivity contribution in [3.8, 4) is 0 Å². The second-order valence-corrected chi connectivity index (χ2v) is 9.35. The van der Waals surface area contributed by atoms with Crippen molar-refractivity contribution >= 4 is 12.6 Å². The van der Waals surface area contributed by atoms with E-state index in [1.165, 1.54) is 25.8 Å². The summed E-state index contributed by atoms with van der Waals surface area (Å²) in [5.41, 5.74) is 1.10. The van der Waals surface area contributed by atoms with Gasteiger partial charge in [0.2, 0.25) is 0 Å². The number of benzene rings is 1. The van der Waals surface area contributed by atoms with Crippen LogP contribution >= 0.6 is 0 Å². The second-order valence-electron chi connectivity index (χ2n) is 9.35. The summed E-state index contributed by atoms with van der Waals surface area (Å²) in [7, 11) is -0.517. The van der Waals surface area contributed by atoms with Crippen LogP contribution in [-0.2, 0) is 15.9 Å². The molecule has 3 saturated heterocycles. The summed E-state index contributed by atoms with van der Waals surface area (Å²) in [4.78, 5) is 5.15. The SMILES string of the molecule is CC1(C)OB(c2cc(F)ccc2CN2CCN3CCCCC3C2)OC1(C)C. The molecule has 0 bridgehead atoms. The van der Waals surface area contributed by atoms with Crippen LogP contribution in [0.1, 0.15) is 52.5 Å². The van der Waals surface area contributed by atoms with Gasteiger partial charge < -0.3 is 9.31 Å². The number of rotatable bonds is 3. The average molecular weight is 374 g/mol. The van der Waals surface area contributed by atoms with Gasteiger partial charge in [0.05, 0.1) is 11.2 Å². The molecule has 0 amide bonds. The van der Waals surface area contributed by atoms with E-state index < -0.39 is 18.3 Å². The van der Waals surface area contributed by atoms with Crippen LogP contribution in [0.25, 0.3) is 0 Å². The summed E-state index contributed by atoms with van der Waals surface area (Å²) in [6.07, 6.45) is 3.97. The Morgan fingerprint density at radius 3 is 2.56 bits per heavy atom. The Kier molecular flexibility index (Phi) is 5.12. The van der Waals surface area contributed by atoms with E-state index in [2.05, 4.69) is 9.80 Å². The number of halogens is 1. The smallest absolute Gasteiger partial charge is 0.399 e. The van der Waals surface area contributed by atoms with Crippen molar-refractivity contribution < 1.29 is 13.7 Å². The Hall–Kier alpha value is -0.945. The lowest BCUT2D eigenvalue weighted by Crippen LogP contribution is -2.54. The Bertz CT molecular complexity index is 681. The molecular formula is C21H32BFN2O2. The van der Waals surface area contributed by atoms with E-state index in [1.807, 2.05) is 33.8 Å². The van der Waals surface area contributed by atoms with Crippen molar-refractivity contribution in [3.63, 3.8) is 0 Å². The summed E-state index contributed by atoms with van der Waals surface area (Å²) in [5.74, 6) is -0.236. The van der Waals surface area contributed by atoms with E-state index >= 15 is 0 Å². The Morgan fingerprint density at radius 2 is 1.81 bits per heavy atom. The van der Waals surface area contributed by atoms with E-state index in [4.69, 9.17) is 9.31 Å². The molecule has 0 spiro atoms. The van der Waals surface area contributed by atoms with Gasteiger partial charge in [0.25, 0.3) is 0 Å². The lowest BCUT2D eigenvalue weighted by atomic mass is 9.75. The summed E-state index contributed by atoms with van der Waals surface area (Å²) in [6.45, 7) is 13.5. The Balaban J connectivity index is 1.52. The van der Waals surface area contributed by atoms with Gasteiger partial charge in [-0.1, -0.05) is 12.5 Å². The highest BCUT2D eigenvalue weighted by molar-refractivity contribution is 6.62. The molecule has 3 aliphatic heterocycles. The first-order valence-electron chi connectivity index (χ1n) is 10.4. The molecule has 0 aromatic heterocycles. The molecule has 4 rings (SSSR count). The number of nitrogens with zero attached hydrogens (tertiary/aromatic N) is 2. The quantitative estimate of drug-likeness (QED) is 0.760. The molecule has 0 aliphatic carbocycles. The van der Waals surface area contributed by atoms with Crippen LogP contribution in [0.3, 0.4) is 0 Å². The topological polar surface area (TPSA) is 24.9 Å². The molecule has 6 heteroatoms. The zero-order valence-corrected chi connectivity index (χ0v) is 17.1. The normalized spacial score (nSPS) is 28.3. The third-order valence-electron chi connectivity index (χ3n) is 6.93. The fourth-order valence-corrected chi connectivity index (χ4v) is 4.50. The molecule has 148 valence electrons. The summed E-state index contributed by atoms with van der Waals surface area (Å²) in [6, 6.07) is 5.73. The fraction of sp³-hybridized carbons (Fsp3) is 0.714. The van der Waals surface area contributed by atoms with Crippen LogP contribution in [-0.4, -0.2) is 60.3 Å². The lowest BCUT2D eigenvalue weighted by molar-refractivity contribution is 0.00578. The number of hydrogen-bond acceptors (Lipinski definition) is 4. The van der Waals surface area contributed by atoms with Gasteiger partial charge in [-0.2, -0.15) is 0 Å². The standard InChI is InChI=1S/C21H32BFN2O2/c1-20(2)21(3,4)27-22(26-20)19-13-17(23)9-8-16(19)14-24-11-12-25-10-6-5-7-18(25)15-24/h8-9,13,18H,5-7,10-12,14-15H2,1-4H3. The third kappa shape index (κ3) is 3.82. The maximum Gasteiger partial charge on any atom is 0.495 e. The first-order chi connectivity index (χ1) is 12.7. The maximum atomic E-state index is 14.1. The highest BCUT2D eigenvalue weighted by atomic mass is 19.1. The highest BCUT2D eigenvalue weighted by Crippen LogP contribution is 2.36. The van der Waals surface area contributed by atoms with Gasteiger partial charge in [-0.15, -0.1) is 0 Å². The van der Waals surface area contributed by atoms with Crippen molar-refractivity contribution in [1.29, 1.82) is 0 Å². The third-order valence-corrected chi connectivity index (χ3v) is 6.93. The molecule has 4 nitrogen and oxygen atoms in total. The fourth-order valence-electron chi connectivity index (χ4n) is 4.50. The first-order valence-corrected chi connectivity index (χ1v) is 10.4. The molecular weight excluding hydrogens is 342 g/mol. The van der Waals surface area contributed by atoms with Crippen LogP contribution in [0.5, 0.6) is 0 Å². The summed E-state index contributed by atoms with van der Waals surface area (Å²) < 4.78 is 26.5. The molecule has 0 saturated carbocycles. The van der Waals surface area contributed by atoms with Crippen LogP contribution in [0.2, 0.25) is 0 Å². The predicted molar refractivity (Wildman–Crippen MR) is 107 cm³/mol. The zero-order chi connectivity index (χ0) is 19.2. The number of piperazine rings is 1. The number of fused-ring (bicyclic) bond motifs is 1. The van der Waals surface area contributed by atoms with Gasteiger partial charge in [-0.05, 0) is 70.2 Å². The minimum Gasteiger partial charge on any atom is -0.399 e. The van der Waals surface area contributed by atoms with Crippen molar-refractivity contribution in [2.75, 3.05) is 26.2 Å². The van der Waals surface area contributed by atoms with E-state index in [-0.39, 0.29) is 5.82 Å². The average Bonchev–Trinajstić information content (AvgIpc) is 2.84. The molecule has 1 aromatic carbocycles. The van der Waals surface area contributed by atoms with Crippen molar-refractivity contribution in [2.45, 2.75) is 70.7 Å². The molecule has 3 aliphatic rings. The largest absolute Gasteiger partial charge is 0.495 e. The van der Waals surface area contributed by atoms with Crippen LogP contribution in [0.4, 0.5) is 4.39 Å². The summed E-state index contributed by atoms with van der Waals surface area (Å²) >= 11 is 0. The minimum atomic E-state index is -0.517. The Labute approximate surface area is 163 Å². The van der Waals surface area contributed by atoms with Crippen LogP contribution < -0.4 is 5.46 Å². The van der Waals surface area contributed by atoms with E-state index in [1.54, 1.807) is 12.1 Å². The minimum absolute atomic E-state index is 0.236. The van der Waals surface area contributed by atoms with Gasteiger partial charge >= 0.3 is 7.12 Å². The molecule has 3 heterocycles. The molecule has 3 fully saturated rings. The van der Waals surface area contributed by atoms with Gasteiger partial charge in [0.15, 0.2) is 0 Å². The molecule has 27 heavy (non-hydrogen) atoms. The van der Waals surface area contributed by atoms with Crippen molar-refractivity contribution in [1.82, 2.24) is 9.80 Å². The maximum absolute atomic E-state index is 14.1. The summed E-state index contributed by atoms with van der Waals surface area (Å²) in [5, 5.41) is 0. The molecule has 1 unspecified atom stereocenters. The van der Waals surface area contributed by atoms with E-state index in [9.17, 15) is 4.39 Å². The molecule has 0 radical (unpaired) electrons. The first kappa shape index (κ1) is 19.4. The molecule has 1 aromatic rings. The monoisotopic (exact) mass is 374 g/mol. The second kappa shape index (κ2) is 7.14. The van der Waals surface area contributed by atoms with Gasteiger partial charge in [0.1, 0.15) is 5.82 Å². The molecule has 0 N–H and O–H groups in total. The van der Waals surface area contributed by atoms with Crippen molar-refractivity contribution in [3.05, 3.63) is 29.6 Å². The lowest BCUT2D eigenvalue weighted by Gasteiger charge is -2.44. The van der Waals surface area contributed by atoms with E-state index in [0.29, 0.717) is 6.04 Å². The van der Waals surface area contributed by atoms with Crippen LogP contribution in [0.15, 0.2) is 18.2 Å². The number of hydrogen-bond donors (Lipinski definition) is 0. The van der Waals surface area contributed by atoms with Gasteiger partial charge in [-0.25, -0.2) is 4.39 Å². The van der Waals surface area contributed by atoms with Crippen LogP contribution in [0, 0.1) is 5.82 Å². The molecule has 1 atom stereocenters. The van der Waals surface area contributed by atoms with Gasteiger partial charge in [0, 0.05) is 32.2 Å². The van der Waals surface area contributed by atoms with Crippen molar-refractivity contribution in [2.24, 2.45) is 0 Å². The van der Waals surface area contributed by atoms with Gasteiger partial charge in [-0.3, -0.25) is 9.80 Å². The predicted octanol–water partition coefficient (Wildman–Crippen LogP) is 2.80.